The Labute approximate surface area is 432 Å². The van der Waals surface area contributed by atoms with E-state index in [1.807, 2.05) is 0 Å². The van der Waals surface area contributed by atoms with E-state index in [4.69, 9.17) is 33.2 Å². The molecule has 3 unspecified atom stereocenters. The predicted molar refractivity (Wildman–Crippen MR) is 259 cm³/mol. The lowest BCUT2D eigenvalue weighted by molar-refractivity contribution is -0.314. The molecule has 0 aromatic carbocycles. The molecule has 0 saturated carbocycles. The van der Waals surface area contributed by atoms with Crippen LogP contribution in [-0.4, -0.2) is 242 Å². The summed E-state index contributed by atoms with van der Waals surface area (Å²) in [7, 11) is 0. The summed E-state index contributed by atoms with van der Waals surface area (Å²) >= 11 is 0. The van der Waals surface area contributed by atoms with Crippen LogP contribution >= 0.6 is 0 Å². The van der Waals surface area contributed by atoms with Crippen molar-refractivity contribution < 1.29 is 130 Å². The molecule has 74 heavy (non-hydrogen) atoms. The molecule has 0 aromatic heterocycles. The third kappa shape index (κ3) is 24.7. The highest BCUT2D eigenvalue weighted by molar-refractivity contribution is 5.08. The molecule has 1 saturated heterocycles. The molecule has 0 spiro atoms. The van der Waals surface area contributed by atoms with Gasteiger partial charge in [-0.2, -0.15) is 0 Å². The Bertz CT molecular complexity index is 1540. The van der Waals surface area contributed by atoms with Gasteiger partial charge in [0.15, 0.2) is 40.8 Å². The van der Waals surface area contributed by atoms with E-state index >= 15 is 0 Å². The van der Waals surface area contributed by atoms with Crippen molar-refractivity contribution in [1.29, 1.82) is 0 Å². The van der Waals surface area contributed by atoms with E-state index in [0.29, 0.717) is 25.7 Å². The Morgan fingerprint density at radius 3 is 1.18 bits per heavy atom. The van der Waals surface area contributed by atoms with Gasteiger partial charge in [-0.05, 0) is 12.8 Å². The van der Waals surface area contributed by atoms with Crippen LogP contribution in [0.1, 0.15) is 123 Å². The van der Waals surface area contributed by atoms with Crippen molar-refractivity contribution in [2.24, 2.45) is 0 Å². The van der Waals surface area contributed by atoms with Crippen molar-refractivity contribution in [3.05, 3.63) is 34.6 Å². The number of unbranched alkanes of at least 4 members (excludes halogenated alkanes) is 12. The van der Waals surface area contributed by atoms with E-state index in [1.165, 1.54) is 0 Å². The predicted octanol–water partition coefficient (Wildman–Crippen LogP) is 0.0294. The monoisotopic (exact) mass is 1080 g/mol. The maximum atomic E-state index is 11.4. The van der Waals surface area contributed by atoms with Crippen LogP contribution in [0.3, 0.4) is 0 Å². The molecule has 1 aliphatic heterocycles. The van der Waals surface area contributed by atoms with Gasteiger partial charge < -0.3 is 130 Å². The Morgan fingerprint density at radius 2 is 0.797 bits per heavy atom. The van der Waals surface area contributed by atoms with Crippen LogP contribution in [0.25, 0.3) is 0 Å². The second kappa shape index (κ2) is 39.6. The van der Waals surface area contributed by atoms with Crippen LogP contribution in [0.2, 0.25) is 0 Å². The number of rotatable bonds is 44. The number of aliphatic hydroxyl groups is 19. The first-order valence-corrected chi connectivity index (χ1v) is 25.6. The zero-order valence-corrected chi connectivity index (χ0v) is 42.7. The summed E-state index contributed by atoms with van der Waals surface area (Å²) in [6.07, 6.45) is -20.8. The molecule has 0 aliphatic carbocycles. The molecule has 15 atom stereocenters. The van der Waals surface area contributed by atoms with Crippen molar-refractivity contribution in [3.8, 4) is 0 Å². The zero-order valence-electron chi connectivity index (χ0n) is 42.7. The minimum absolute atomic E-state index is 0.188. The van der Waals surface area contributed by atoms with Gasteiger partial charge in [0.25, 0.3) is 0 Å². The second-order valence-electron chi connectivity index (χ2n) is 18.1. The Morgan fingerprint density at radius 1 is 0.432 bits per heavy atom. The van der Waals surface area contributed by atoms with Gasteiger partial charge in [-0.15, -0.1) is 0 Å². The molecular weight excluding hydrogens is 993 g/mol. The SMILES string of the molecule is CCCCCCCCCO[C@H]([C@@H](OCCCCCCCCC)[C@H](CO[C@H](O)/C(O)=C(\O)[C@H](O)CCO)O[C@H](O)/C(O)=C(\O)[C@H](O)CCO)[C@H](CO[C@@H]1OC(CO)[C@@H](O)C(O)C1O)O[C@H](O)/C(O)=C(\O)[C@H](O)CCO. The number of hydrogen-bond acceptors (Lipinski definition) is 26. The molecule has 26 nitrogen and oxygen atoms in total. The average molecular weight is 1080 g/mol. The van der Waals surface area contributed by atoms with Crippen molar-refractivity contribution in [3.63, 3.8) is 0 Å². The Kier molecular flexibility index (Phi) is 37.0. The fourth-order valence-corrected chi connectivity index (χ4v) is 7.60. The topological polar surface area (TPSA) is 449 Å². The maximum Gasteiger partial charge on any atom is 0.217 e. The van der Waals surface area contributed by atoms with E-state index < -0.39 is 186 Å². The summed E-state index contributed by atoms with van der Waals surface area (Å²) in [6.45, 7) is -1.21. The van der Waals surface area contributed by atoms with Gasteiger partial charge in [0.1, 0.15) is 67.1 Å². The molecule has 0 bridgehead atoms. The standard InChI is InChI=1S/C48H90O26/c1-3-5-7-9-11-13-15-23-68-43(32(72-46(66)40(62)35(57)29(54)18-21-50)26-70-45(65)39(61)34(56)28(53)17-20-49)44(69-24-16-14-12-10-8-6-4-2)33(73-47(67)41(63)36(58)30(55)19-22-51)27-71-48-42(64)38(60)37(59)31(25-52)74-48/h28-33,37-38,42-67H,3-27H2,1-2H3/b39-34+,40-35+,41-36+/t28-,29-,30-,31?,32+,33+,37-,38?,42?,43+,44+,45+,46+,47+,48-/m1/s1. The first-order chi connectivity index (χ1) is 35.3. The molecule has 0 aromatic rings. The third-order valence-corrected chi connectivity index (χ3v) is 12.1. The number of ether oxygens (including phenoxy) is 7. The van der Waals surface area contributed by atoms with E-state index in [1.54, 1.807) is 0 Å². The maximum absolute atomic E-state index is 11.4. The van der Waals surface area contributed by atoms with Crippen LogP contribution in [0, 0.1) is 0 Å². The Hall–Kier alpha value is -2.78. The van der Waals surface area contributed by atoms with Crippen LogP contribution in [0.4, 0.5) is 0 Å². The van der Waals surface area contributed by atoms with E-state index in [0.717, 1.165) is 64.2 Å². The van der Waals surface area contributed by atoms with Gasteiger partial charge in [0.2, 0.25) is 18.9 Å². The lowest BCUT2D eigenvalue weighted by Crippen LogP contribution is -2.60. The van der Waals surface area contributed by atoms with Crippen LogP contribution < -0.4 is 0 Å². The fourth-order valence-electron chi connectivity index (χ4n) is 7.60. The Balaban J connectivity index is 4.25. The highest BCUT2D eigenvalue weighted by Crippen LogP contribution is 2.28. The normalized spacial score (nSPS) is 23.6. The molecule has 438 valence electrons. The highest BCUT2D eigenvalue weighted by Gasteiger charge is 2.47. The van der Waals surface area contributed by atoms with Gasteiger partial charge in [-0.1, -0.05) is 90.9 Å². The van der Waals surface area contributed by atoms with Gasteiger partial charge >= 0.3 is 0 Å². The first-order valence-electron chi connectivity index (χ1n) is 25.6. The molecule has 1 fully saturated rings. The smallest absolute Gasteiger partial charge is 0.217 e. The van der Waals surface area contributed by atoms with Gasteiger partial charge in [0, 0.05) is 52.3 Å². The molecule has 0 amide bonds. The lowest BCUT2D eigenvalue weighted by Gasteiger charge is -2.41. The van der Waals surface area contributed by atoms with Crippen molar-refractivity contribution >= 4 is 0 Å². The summed E-state index contributed by atoms with van der Waals surface area (Å²) in [5.41, 5.74) is 0. The zero-order chi connectivity index (χ0) is 55.8. The van der Waals surface area contributed by atoms with Crippen LogP contribution in [0.5, 0.6) is 0 Å². The minimum Gasteiger partial charge on any atom is -0.506 e. The molecule has 19 N–H and O–H groups in total. The summed E-state index contributed by atoms with van der Waals surface area (Å²) < 4.78 is 41.4. The highest BCUT2D eigenvalue weighted by atomic mass is 16.7. The molecular formula is C48H90O26. The number of hydrogen-bond donors (Lipinski definition) is 19. The van der Waals surface area contributed by atoms with Crippen molar-refractivity contribution in [1.82, 2.24) is 0 Å². The van der Waals surface area contributed by atoms with Gasteiger partial charge in [-0.25, -0.2) is 0 Å². The molecule has 26 heteroatoms. The van der Waals surface area contributed by atoms with E-state index in [2.05, 4.69) is 13.8 Å². The summed E-state index contributed by atoms with van der Waals surface area (Å²) in [5.74, 6) is -7.87. The average Bonchev–Trinajstić information content (AvgIpc) is 3.38. The van der Waals surface area contributed by atoms with Crippen LogP contribution in [0.15, 0.2) is 34.6 Å². The molecule has 0 radical (unpaired) electrons. The minimum atomic E-state index is -2.64. The fraction of sp³-hybridized carbons (Fsp3) is 0.875. The lowest BCUT2D eigenvalue weighted by atomic mass is 9.99. The first kappa shape index (κ1) is 69.2. The van der Waals surface area contributed by atoms with E-state index in [-0.39, 0.29) is 13.2 Å². The number of aliphatic hydroxyl groups excluding tert-OH is 19. The van der Waals surface area contributed by atoms with Crippen LogP contribution in [-0.2, 0) is 33.2 Å². The van der Waals surface area contributed by atoms with Gasteiger partial charge in [0.05, 0.1) is 19.8 Å². The second-order valence-corrected chi connectivity index (χ2v) is 18.1. The molecule has 1 rings (SSSR count). The largest absolute Gasteiger partial charge is 0.506 e. The van der Waals surface area contributed by atoms with Crippen molar-refractivity contribution in [2.45, 2.75) is 215 Å². The van der Waals surface area contributed by atoms with E-state index in [9.17, 15) is 97.0 Å². The molecule has 1 aliphatic rings. The molecule has 1 heterocycles. The van der Waals surface area contributed by atoms with Gasteiger partial charge in [-0.3, -0.25) is 0 Å². The third-order valence-electron chi connectivity index (χ3n) is 12.1. The van der Waals surface area contributed by atoms with Crippen molar-refractivity contribution in [2.75, 3.05) is 52.9 Å². The quantitative estimate of drug-likeness (QED) is 0.0217. The summed E-state index contributed by atoms with van der Waals surface area (Å²) in [6, 6.07) is 0. The summed E-state index contributed by atoms with van der Waals surface area (Å²) in [4.78, 5) is 0. The summed E-state index contributed by atoms with van der Waals surface area (Å²) in [5, 5.41) is 199.